The van der Waals surface area contributed by atoms with Crippen molar-refractivity contribution in [2.75, 3.05) is 26.8 Å². The summed E-state index contributed by atoms with van der Waals surface area (Å²) in [6, 6.07) is 5.02. The second-order valence-corrected chi connectivity index (χ2v) is 4.21. The molecule has 1 aromatic rings. The molecule has 16 heavy (non-hydrogen) atoms. The van der Waals surface area contributed by atoms with Crippen LogP contribution in [0, 0.1) is 11.7 Å². The Morgan fingerprint density at radius 2 is 2.25 bits per heavy atom. The van der Waals surface area contributed by atoms with Gasteiger partial charge in [-0.15, -0.1) is 0 Å². The Morgan fingerprint density at radius 1 is 1.50 bits per heavy atom. The predicted molar refractivity (Wildman–Crippen MR) is 58.8 cm³/mol. The molecule has 0 bridgehead atoms. The van der Waals surface area contributed by atoms with Crippen LogP contribution in [0.25, 0.3) is 0 Å². The standard InChI is InChI=1S/C12H16FNO2/c1-16-12-3-2-9(4-11(12)13)5-14-6-10(7-14)8-15/h2-4,10,15H,5-8H2,1H3. The largest absolute Gasteiger partial charge is 0.494 e. The molecular weight excluding hydrogens is 209 g/mol. The van der Waals surface area contributed by atoms with Crippen LogP contribution in [-0.4, -0.2) is 36.8 Å². The summed E-state index contributed by atoms with van der Waals surface area (Å²) in [6.45, 7) is 2.76. The van der Waals surface area contributed by atoms with Gasteiger partial charge in [0, 0.05) is 32.2 Å². The van der Waals surface area contributed by atoms with Crippen LogP contribution in [-0.2, 0) is 6.54 Å². The number of rotatable bonds is 4. The third-order valence-corrected chi connectivity index (χ3v) is 2.91. The highest BCUT2D eigenvalue weighted by molar-refractivity contribution is 5.29. The number of nitrogens with zero attached hydrogens (tertiary/aromatic N) is 1. The van der Waals surface area contributed by atoms with Gasteiger partial charge >= 0.3 is 0 Å². The van der Waals surface area contributed by atoms with Crippen LogP contribution >= 0.6 is 0 Å². The van der Waals surface area contributed by atoms with Gasteiger partial charge in [-0.3, -0.25) is 4.90 Å². The lowest BCUT2D eigenvalue weighted by Crippen LogP contribution is -2.47. The van der Waals surface area contributed by atoms with Crippen molar-refractivity contribution < 1.29 is 14.2 Å². The first-order valence-electron chi connectivity index (χ1n) is 5.38. The van der Waals surface area contributed by atoms with Crippen molar-refractivity contribution in [2.24, 2.45) is 5.92 Å². The zero-order valence-electron chi connectivity index (χ0n) is 9.32. The quantitative estimate of drug-likeness (QED) is 0.837. The van der Waals surface area contributed by atoms with E-state index in [2.05, 4.69) is 4.90 Å². The van der Waals surface area contributed by atoms with E-state index in [1.807, 2.05) is 6.07 Å². The van der Waals surface area contributed by atoms with Gasteiger partial charge in [0.05, 0.1) is 7.11 Å². The maximum atomic E-state index is 13.4. The van der Waals surface area contributed by atoms with Gasteiger partial charge in [0.15, 0.2) is 11.6 Å². The van der Waals surface area contributed by atoms with E-state index in [1.54, 1.807) is 6.07 Å². The maximum absolute atomic E-state index is 13.4. The van der Waals surface area contributed by atoms with Crippen molar-refractivity contribution in [3.05, 3.63) is 29.6 Å². The fourth-order valence-corrected chi connectivity index (χ4v) is 1.99. The molecule has 1 saturated heterocycles. The number of aliphatic hydroxyl groups is 1. The fourth-order valence-electron chi connectivity index (χ4n) is 1.99. The number of aliphatic hydroxyl groups excluding tert-OH is 1. The highest BCUT2D eigenvalue weighted by Crippen LogP contribution is 2.21. The third-order valence-electron chi connectivity index (χ3n) is 2.91. The second-order valence-electron chi connectivity index (χ2n) is 4.21. The Morgan fingerprint density at radius 3 is 2.81 bits per heavy atom. The Hall–Kier alpha value is -1.13. The molecule has 1 N–H and O–H groups in total. The van der Waals surface area contributed by atoms with Gasteiger partial charge in [-0.05, 0) is 17.7 Å². The average molecular weight is 225 g/mol. The van der Waals surface area contributed by atoms with Crippen LogP contribution in [0.15, 0.2) is 18.2 Å². The summed E-state index contributed by atoms with van der Waals surface area (Å²) in [5.41, 5.74) is 0.940. The van der Waals surface area contributed by atoms with E-state index < -0.39 is 0 Å². The highest BCUT2D eigenvalue weighted by atomic mass is 19.1. The first-order valence-corrected chi connectivity index (χ1v) is 5.38. The summed E-state index contributed by atoms with van der Waals surface area (Å²) < 4.78 is 18.2. The topological polar surface area (TPSA) is 32.7 Å². The molecule has 0 radical (unpaired) electrons. The Balaban J connectivity index is 1.93. The van der Waals surface area contributed by atoms with E-state index in [0.29, 0.717) is 5.92 Å². The molecule has 4 heteroatoms. The van der Waals surface area contributed by atoms with Gasteiger partial charge < -0.3 is 9.84 Å². The van der Waals surface area contributed by atoms with Gasteiger partial charge in [0.2, 0.25) is 0 Å². The molecule has 0 amide bonds. The number of benzene rings is 1. The van der Waals surface area contributed by atoms with Gasteiger partial charge in [-0.2, -0.15) is 0 Å². The normalized spacial score (nSPS) is 17.2. The number of hydrogen-bond donors (Lipinski definition) is 1. The lowest BCUT2D eigenvalue weighted by atomic mass is 10.0. The summed E-state index contributed by atoms with van der Waals surface area (Å²) in [5.74, 6) is 0.350. The smallest absolute Gasteiger partial charge is 0.165 e. The molecule has 1 aliphatic heterocycles. The molecule has 0 atom stereocenters. The summed E-state index contributed by atoms with van der Waals surface area (Å²) in [5, 5.41) is 8.88. The van der Waals surface area contributed by atoms with E-state index in [0.717, 1.165) is 25.2 Å². The third kappa shape index (κ3) is 2.33. The molecule has 3 nitrogen and oxygen atoms in total. The minimum Gasteiger partial charge on any atom is -0.494 e. The molecule has 1 aromatic carbocycles. The first kappa shape index (κ1) is 11.4. The van der Waals surface area contributed by atoms with Gasteiger partial charge in [0.25, 0.3) is 0 Å². The van der Waals surface area contributed by atoms with Gasteiger partial charge in [-0.1, -0.05) is 6.07 Å². The van der Waals surface area contributed by atoms with E-state index in [9.17, 15) is 4.39 Å². The van der Waals surface area contributed by atoms with E-state index in [-0.39, 0.29) is 18.2 Å². The maximum Gasteiger partial charge on any atom is 0.165 e. The Kier molecular flexibility index (Phi) is 3.41. The van der Waals surface area contributed by atoms with Crippen LogP contribution in [0.5, 0.6) is 5.75 Å². The molecule has 0 unspecified atom stereocenters. The zero-order chi connectivity index (χ0) is 11.5. The van der Waals surface area contributed by atoms with Gasteiger partial charge in [0.1, 0.15) is 0 Å². The van der Waals surface area contributed by atoms with Crippen LogP contribution in [0.3, 0.4) is 0 Å². The summed E-state index contributed by atoms with van der Waals surface area (Å²) in [6.07, 6.45) is 0. The molecule has 1 aliphatic rings. The molecule has 1 heterocycles. The molecule has 0 aliphatic carbocycles. The minimum absolute atomic E-state index is 0.244. The fraction of sp³-hybridized carbons (Fsp3) is 0.500. The minimum atomic E-state index is -0.320. The van der Waals surface area contributed by atoms with Crippen molar-refractivity contribution in [3.63, 3.8) is 0 Å². The number of halogens is 1. The number of likely N-dealkylation sites (tertiary alicyclic amines) is 1. The van der Waals surface area contributed by atoms with Crippen molar-refractivity contribution >= 4 is 0 Å². The van der Waals surface area contributed by atoms with Crippen molar-refractivity contribution in [2.45, 2.75) is 6.54 Å². The molecule has 0 spiro atoms. The molecule has 0 aromatic heterocycles. The zero-order valence-corrected chi connectivity index (χ0v) is 9.32. The van der Waals surface area contributed by atoms with E-state index in [1.165, 1.54) is 13.2 Å². The number of methoxy groups -OCH3 is 1. The highest BCUT2D eigenvalue weighted by Gasteiger charge is 2.25. The molecule has 1 fully saturated rings. The molecular formula is C12H16FNO2. The van der Waals surface area contributed by atoms with Crippen LogP contribution in [0.4, 0.5) is 4.39 Å². The monoisotopic (exact) mass is 225 g/mol. The van der Waals surface area contributed by atoms with Crippen molar-refractivity contribution in [1.29, 1.82) is 0 Å². The summed E-state index contributed by atoms with van der Waals surface area (Å²) in [7, 11) is 1.46. The number of hydrogen-bond acceptors (Lipinski definition) is 3. The van der Waals surface area contributed by atoms with Crippen molar-refractivity contribution in [3.8, 4) is 5.75 Å². The first-order chi connectivity index (χ1) is 7.72. The Bertz CT molecular complexity index is 364. The van der Waals surface area contributed by atoms with Crippen LogP contribution in [0.1, 0.15) is 5.56 Å². The number of ether oxygens (including phenoxy) is 1. The molecule has 2 rings (SSSR count). The predicted octanol–water partition coefficient (Wildman–Crippen LogP) is 1.26. The SMILES string of the molecule is COc1ccc(CN2CC(CO)C2)cc1F. The van der Waals surface area contributed by atoms with E-state index in [4.69, 9.17) is 9.84 Å². The average Bonchev–Trinajstić information content (AvgIpc) is 2.23. The molecule has 0 saturated carbocycles. The second kappa shape index (κ2) is 4.80. The molecule has 88 valence electrons. The van der Waals surface area contributed by atoms with Crippen LogP contribution in [0.2, 0.25) is 0 Å². The Labute approximate surface area is 94.4 Å². The van der Waals surface area contributed by atoms with Crippen molar-refractivity contribution in [1.82, 2.24) is 4.90 Å². The van der Waals surface area contributed by atoms with E-state index >= 15 is 0 Å². The lowest BCUT2D eigenvalue weighted by molar-refractivity contribution is 0.0478. The lowest BCUT2D eigenvalue weighted by Gasteiger charge is -2.38. The van der Waals surface area contributed by atoms with Crippen LogP contribution < -0.4 is 4.74 Å². The summed E-state index contributed by atoms with van der Waals surface area (Å²) >= 11 is 0. The van der Waals surface area contributed by atoms with Gasteiger partial charge in [-0.25, -0.2) is 4.39 Å². The summed E-state index contributed by atoms with van der Waals surface area (Å²) in [4.78, 5) is 2.18.